The minimum atomic E-state index is -0.612. The third-order valence-corrected chi connectivity index (χ3v) is 1.73. The van der Waals surface area contributed by atoms with Crippen LogP contribution >= 0.6 is 0 Å². The zero-order valence-electron chi connectivity index (χ0n) is 8.22. The molecule has 14 heavy (non-hydrogen) atoms. The molecule has 0 aromatic carbocycles. The van der Waals surface area contributed by atoms with Crippen LogP contribution in [0, 0.1) is 10.1 Å². The van der Waals surface area contributed by atoms with Gasteiger partial charge in [0.1, 0.15) is 6.20 Å². The van der Waals surface area contributed by atoms with Crippen molar-refractivity contribution in [3.8, 4) is 0 Å². The molecule has 0 fully saturated rings. The van der Waals surface area contributed by atoms with Crippen molar-refractivity contribution in [2.75, 3.05) is 0 Å². The highest BCUT2D eigenvalue weighted by Gasteiger charge is 2.26. The van der Waals surface area contributed by atoms with E-state index in [0.717, 1.165) is 6.20 Å². The molecule has 1 aromatic rings. The smallest absolute Gasteiger partial charge is 0.296 e. The highest BCUT2D eigenvalue weighted by Crippen LogP contribution is 2.22. The van der Waals surface area contributed by atoms with Gasteiger partial charge in [-0.05, 0) is 20.8 Å². The van der Waals surface area contributed by atoms with E-state index in [4.69, 9.17) is 0 Å². The van der Waals surface area contributed by atoms with Crippen LogP contribution in [0.5, 0.6) is 0 Å². The van der Waals surface area contributed by atoms with E-state index < -0.39 is 10.5 Å². The highest BCUT2D eigenvalue weighted by molar-refractivity contribution is 5.78. The van der Waals surface area contributed by atoms with Crippen LogP contribution in [0.3, 0.4) is 0 Å². The minimum Gasteiger partial charge on any atom is -0.296 e. The number of carbonyl (C=O) groups excluding carboxylic acids is 1. The molecule has 0 saturated heterocycles. The van der Waals surface area contributed by atoms with Crippen molar-refractivity contribution in [2.45, 2.75) is 26.3 Å². The Morgan fingerprint density at radius 2 is 2.14 bits per heavy atom. The number of nitro groups is 1. The number of nitrogens with zero attached hydrogens (tertiary/aromatic N) is 3. The predicted molar refractivity (Wildman–Crippen MR) is 49.3 cm³/mol. The van der Waals surface area contributed by atoms with Crippen molar-refractivity contribution in [3.05, 3.63) is 22.0 Å². The normalized spacial score (nSPS) is 11.4. The van der Waals surface area contributed by atoms with Crippen molar-refractivity contribution in [2.24, 2.45) is 0 Å². The lowest BCUT2D eigenvalue weighted by molar-refractivity contribution is -0.385. The lowest BCUT2D eigenvalue weighted by atomic mass is 10.1. The zero-order chi connectivity index (χ0) is 10.9. The van der Waals surface area contributed by atoms with Gasteiger partial charge in [-0.15, -0.1) is 0 Å². The molecule has 0 aliphatic heterocycles. The molecule has 0 amide bonds. The summed E-state index contributed by atoms with van der Waals surface area (Å²) in [5.74, 6) is 0. The van der Waals surface area contributed by atoms with Gasteiger partial charge in [-0.25, -0.2) is 0 Å². The number of aldehydes is 1. The molecule has 0 aliphatic rings. The maximum Gasteiger partial charge on any atom is 0.317 e. The summed E-state index contributed by atoms with van der Waals surface area (Å²) in [5, 5.41) is 14.3. The van der Waals surface area contributed by atoms with Crippen molar-refractivity contribution in [3.63, 3.8) is 0 Å². The molecular weight excluding hydrogens is 186 g/mol. The summed E-state index contributed by atoms with van der Waals surface area (Å²) in [6.45, 7) is 5.45. The molecule has 0 aliphatic carbocycles. The summed E-state index contributed by atoms with van der Waals surface area (Å²) >= 11 is 0. The fraction of sp³-hybridized carbons (Fsp3) is 0.500. The lowest BCUT2D eigenvalue weighted by Crippen LogP contribution is -2.25. The van der Waals surface area contributed by atoms with E-state index in [9.17, 15) is 14.9 Å². The van der Waals surface area contributed by atoms with Crippen LogP contribution in [0.2, 0.25) is 0 Å². The van der Waals surface area contributed by atoms with Gasteiger partial charge in [0.15, 0.2) is 12.0 Å². The molecular formula is C8H11N3O3. The Balaban J connectivity index is 3.35. The summed E-state index contributed by atoms with van der Waals surface area (Å²) in [6.07, 6.45) is 1.55. The van der Waals surface area contributed by atoms with Gasteiger partial charge in [-0.1, -0.05) is 0 Å². The van der Waals surface area contributed by atoms with E-state index in [1.165, 1.54) is 4.68 Å². The standard InChI is InChI=1S/C8H11N3O3/c1-8(2,3)10-7(5-12)6(4-9-10)11(13)14/h4-5H,1-3H3. The number of rotatable bonds is 2. The molecule has 6 nitrogen and oxygen atoms in total. The Hall–Kier alpha value is -1.72. The number of aromatic nitrogens is 2. The van der Waals surface area contributed by atoms with Crippen molar-refractivity contribution in [1.82, 2.24) is 9.78 Å². The third kappa shape index (κ3) is 1.63. The molecule has 0 saturated carbocycles. The van der Waals surface area contributed by atoms with E-state index >= 15 is 0 Å². The first-order valence-corrected chi connectivity index (χ1v) is 4.06. The Labute approximate surface area is 80.7 Å². The van der Waals surface area contributed by atoms with E-state index in [2.05, 4.69) is 5.10 Å². The molecule has 0 atom stereocenters. The lowest BCUT2D eigenvalue weighted by Gasteiger charge is -2.19. The average molecular weight is 197 g/mol. The molecule has 76 valence electrons. The van der Waals surface area contributed by atoms with Gasteiger partial charge in [-0.2, -0.15) is 5.10 Å². The maximum atomic E-state index is 10.7. The summed E-state index contributed by atoms with van der Waals surface area (Å²) in [6, 6.07) is 0. The molecule has 0 unspecified atom stereocenters. The van der Waals surface area contributed by atoms with Gasteiger partial charge in [0.2, 0.25) is 0 Å². The van der Waals surface area contributed by atoms with E-state index in [-0.39, 0.29) is 11.4 Å². The second-order valence-corrected chi connectivity index (χ2v) is 3.87. The maximum absolute atomic E-state index is 10.7. The van der Waals surface area contributed by atoms with Crippen LogP contribution in [-0.2, 0) is 5.54 Å². The second-order valence-electron chi connectivity index (χ2n) is 3.87. The number of hydrogen-bond donors (Lipinski definition) is 0. The summed E-state index contributed by atoms with van der Waals surface area (Å²) < 4.78 is 1.35. The molecule has 0 spiro atoms. The van der Waals surface area contributed by atoms with Gasteiger partial charge in [0.05, 0.1) is 10.5 Å². The average Bonchev–Trinajstić information content (AvgIpc) is 2.45. The van der Waals surface area contributed by atoms with Gasteiger partial charge in [-0.3, -0.25) is 19.6 Å². The first-order chi connectivity index (χ1) is 6.38. The van der Waals surface area contributed by atoms with Crippen LogP contribution in [0.15, 0.2) is 6.20 Å². The van der Waals surface area contributed by atoms with Gasteiger partial charge < -0.3 is 0 Å². The summed E-state index contributed by atoms with van der Waals surface area (Å²) in [7, 11) is 0. The first kappa shape index (κ1) is 10.4. The molecule has 1 rings (SSSR count). The van der Waals surface area contributed by atoms with Crippen LogP contribution < -0.4 is 0 Å². The fourth-order valence-corrected chi connectivity index (χ4v) is 1.13. The van der Waals surface area contributed by atoms with Crippen molar-refractivity contribution >= 4 is 12.0 Å². The molecule has 0 N–H and O–H groups in total. The highest BCUT2D eigenvalue weighted by atomic mass is 16.6. The van der Waals surface area contributed by atoms with Crippen LogP contribution in [0.4, 0.5) is 5.69 Å². The largest absolute Gasteiger partial charge is 0.317 e. The molecule has 0 bridgehead atoms. The van der Waals surface area contributed by atoms with Crippen LogP contribution in [-0.4, -0.2) is 21.0 Å². The molecule has 1 aromatic heterocycles. The van der Waals surface area contributed by atoms with Crippen molar-refractivity contribution in [1.29, 1.82) is 0 Å². The van der Waals surface area contributed by atoms with E-state index in [1.807, 2.05) is 20.8 Å². The second kappa shape index (κ2) is 3.21. The van der Waals surface area contributed by atoms with E-state index in [1.54, 1.807) is 0 Å². The molecule has 1 heterocycles. The predicted octanol–water partition coefficient (Wildman–Crippen LogP) is 1.36. The SMILES string of the molecule is CC(C)(C)n1ncc([N+](=O)[O-])c1C=O. The molecule has 0 radical (unpaired) electrons. The van der Waals surface area contributed by atoms with Crippen LogP contribution in [0.1, 0.15) is 31.3 Å². The molecule has 6 heteroatoms. The summed E-state index contributed by atoms with van der Waals surface area (Å²) in [5.41, 5.74) is -0.692. The zero-order valence-corrected chi connectivity index (χ0v) is 8.22. The van der Waals surface area contributed by atoms with Gasteiger partial charge in [0.25, 0.3) is 0 Å². The third-order valence-electron chi connectivity index (χ3n) is 1.73. The Morgan fingerprint density at radius 3 is 2.50 bits per heavy atom. The Bertz CT molecular complexity index is 376. The Kier molecular flexibility index (Phi) is 2.37. The summed E-state index contributed by atoms with van der Waals surface area (Å²) in [4.78, 5) is 20.6. The van der Waals surface area contributed by atoms with Crippen molar-refractivity contribution < 1.29 is 9.72 Å². The first-order valence-electron chi connectivity index (χ1n) is 4.06. The van der Waals surface area contributed by atoms with Gasteiger partial charge in [0, 0.05) is 0 Å². The fourth-order valence-electron chi connectivity index (χ4n) is 1.13. The minimum absolute atomic E-state index is 0.00231. The topological polar surface area (TPSA) is 78.0 Å². The Morgan fingerprint density at radius 1 is 1.57 bits per heavy atom. The van der Waals surface area contributed by atoms with E-state index in [0.29, 0.717) is 6.29 Å². The number of hydrogen-bond acceptors (Lipinski definition) is 4. The van der Waals surface area contributed by atoms with Crippen LogP contribution in [0.25, 0.3) is 0 Å². The monoisotopic (exact) mass is 197 g/mol. The quantitative estimate of drug-likeness (QED) is 0.407. The van der Waals surface area contributed by atoms with Gasteiger partial charge >= 0.3 is 5.69 Å². The number of carbonyl (C=O) groups is 1.